The van der Waals surface area contributed by atoms with Crippen molar-refractivity contribution in [1.29, 1.82) is 0 Å². The third-order valence-electron chi connectivity index (χ3n) is 4.09. The monoisotopic (exact) mass is 464 g/mol. The first-order valence-electron chi connectivity index (χ1n) is 9.40. The van der Waals surface area contributed by atoms with Crippen LogP contribution in [0.5, 0.6) is 0 Å². The molecule has 0 fully saturated rings. The normalized spacial score (nSPS) is 12.7. The van der Waals surface area contributed by atoms with Crippen LogP contribution in [0.4, 0.5) is 0 Å². The highest BCUT2D eigenvalue weighted by Gasteiger charge is 2.20. The number of aryl methyl sites for hydroxylation is 1. The molecule has 0 aliphatic rings. The van der Waals surface area contributed by atoms with Crippen LogP contribution in [-0.4, -0.2) is 33.8 Å². The van der Waals surface area contributed by atoms with E-state index in [1.54, 1.807) is 0 Å². The highest BCUT2D eigenvalue weighted by Crippen LogP contribution is 2.36. The van der Waals surface area contributed by atoms with E-state index in [9.17, 15) is 9.36 Å². The summed E-state index contributed by atoms with van der Waals surface area (Å²) in [5, 5.41) is 0.266. The molecule has 0 bridgehead atoms. The van der Waals surface area contributed by atoms with Crippen LogP contribution in [0.25, 0.3) is 0 Å². The third kappa shape index (κ3) is 14.0. The van der Waals surface area contributed by atoms with Gasteiger partial charge in [-0.25, -0.2) is 4.57 Å². The first-order valence-corrected chi connectivity index (χ1v) is 12.1. The van der Waals surface area contributed by atoms with Gasteiger partial charge in [0.2, 0.25) is 0 Å². The molecule has 0 aromatic heterocycles. The van der Waals surface area contributed by atoms with E-state index in [4.69, 9.17) is 14.5 Å². The first-order chi connectivity index (χ1) is 12.9. The van der Waals surface area contributed by atoms with Crippen molar-refractivity contribution in [3.8, 4) is 0 Å². The Bertz CT molecular complexity index is 563. The highest BCUT2D eigenvalue weighted by atomic mass is 79.9. The molecule has 1 unspecified atom stereocenters. The number of esters is 1. The average molecular weight is 465 g/mol. The summed E-state index contributed by atoms with van der Waals surface area (Å²) in [4.78, 5) is 29.1. The molecule has 27 heavy (non-hydrogen) atoms. The lowest BCUT2D eigenvalue weighted by Crippen LogP contribution is -2.24. The SMILES string of the molecule is O=C(CCCCCCCCCc1ccccc1)OC(CBr)COP(=O)(O)O. The number of hydrogen-bond donors (Lipinski definition) is 2. The molecule has 1 aromatic carbocycles. The van der Waals surface area contributed by atoms with Crippen LogP contribution in [0.15, 0.2) is 30.3 Å². The van der Waals surface area contributed by atoms with Crippen molar-refractivity contribution >= 4 is 29.7 Å². The fourth-order valence-corrected chi connectivity index (χ4v) is 3.34. The Morgan fingerprint density at radius 3 is 2.19 bits per heavy atom. The predicted molar refractivity (Wildman–Crippen MR) is 109 cm³/mol. The zero-order valence-electron chi connectivity index (χ0n) is 15.6. The molecule has 0 saturated heterocycles. The van der Waals surface area contributed by atoms with Gasteiger partial charge in [-0.1, -0.05) is 78.4 Å². The molecule has 1 atom stereocenters. The number of halogens is 1. The van der Waals surface area contributed by atoms with Crippen molar-refractivity contribution in [3.05, 3.63) is 35.9 Å². The Hall–Kier alpha value is -0.720. The van der Waals surface area contributed by atoms with Gasteiger partial charge in [-0.2, -0.15) is 0 Å². The number of alkyl halides is 1. The lowest BCUT2D eigenvalue weighted by Gasteiger charge is -2.15. The second-order valence-electron chi connectivity index (χ2n) is 6.51. The van der Waals surface area contributed by atoms with E-state index in [1.165, 1.54) is 31.2 Å². The molecule has 0 spiro atoms. The smallest absolute Gasteiger partial charge is 0.459 e. The predicted octanol–water partition coefficient (Wildman–Crippen LogP) is 4.77. The van der Waals surface area contributed by atoms with Crippen LogP contribution in [0.1, 0.15) is 56.9 Å². The number of ether oxygens (including phenoxy) is 1. The quantitative estimate of drug-likeness (QED) is 0.168. The van der Waals surface area contributed by atoms with Crippen molar-refractivity contribution in [2.24, 2.45) is 0 Å². The van der Waals surface area contributed by atoms with Crippen molar-refractivity contribution in [3.63, 3.8) is 0 Å². The third-order valence-corrected chi connectivity index (χ3v) is 5.30. The molecule has 2 N–H and O–H groups in total. The van der Waals surface area contributed by atoms with Gasteiger partial charge in [0.05, 0.1) is 6.61 Å². The van der Waals surface area contributed by atoms with Crippen molar-refractivity contribution in [2.45, 2.75) is 63.9 Å². The number of hydrogen-bond acceptors (Lipinski definition) is 4. The summed E-state index contributed by atoms with van der Waals surface area (Å²) in [6.45, 7) is -0.329. The number of unbranched alkanes of at least 4 members (excludes halogenated alkanes) is 6. The van der Waals surface area contributed by atoms with Crippen molar-refractivity contribution in [2.75, 3.05) is 11.9 Å². The summed E-state index contributed by atoms with van der Waals surface area (Å²) in [6.07, 6.45) is 8.40. The number of carbonyl (C=O) groups is 1. The summed E-state index contributed by atoms with van der Waals surface area (Å²) >= 11 is 3.14. The fraction of sp³-hybridized carbons (Fsp3) is 0.632. The Balaban J connectivity index is 1.97. The second kappa shape index (κ2) is 14.3. The van der Waals surface area contributed by atoms with Crippen LogP contribution in [0.3, 0.4) is 0 Å². The molecule has 0 heterocycles. The minimum atomic E-state index is -4.55. The van der Waals surface area contributed by atoms with Crippen molar-refractivity contribution < 1.29 is 28.4 Å². The summed E-state index contributed by atoms with van der Waals surface area (Å²) in [7, 11) is -4.55. The number of carbonyl (C=O) groups excluding carboxylic acids is 1. The molecule has 154 valence electrons. The molecule has 0 aliphatic carbocycles. The molecular weight excluding hydrogens is 435 g/mol. The van der Waals surface area contributed by atoms with Gasteiger partial charge < -0.3 is 14.5 Å². The largest absolute Gasteiger partial charge is 0.469 e. The first kappa shape index (κ1) is 24.3. The molecule has 0 amide bonds. The Morgan fingerprint density at radius 2 is 1.59 bits per heavy atom. The van der Waals surface area contributed by atoms with Crippen LogP contribution < -0.4 is 0 Å². The molecule has 6 nitrogen and oxygen atoms in total. The zero-order chi connectivity index (χ0) is 20.0. The Labute approximate surface area is 170 Å². The highest BCUT2D eigenvalue weighted by molar-refractivity contribution is 9.09. The van der Waals surface area contributed by atoms with Crippen LogP contribution in [-0.2, 0) is 25.0 Å². The maximum Gasteiger partial charge on any atom is 0.469 e. The molecule has 8 heteroatoms. The van der Waals surface area contributed by atoms with Gasteiger partial charge in [-0.05, 0) is 24.8 Å². The lowest BCUT2D eigenvalue weighted by atomic mass is 10.0. The van der Waals surface area contributed by atoms with E-state index in [1.807, 2.05) is 6.07 Å². The van der Waals surface area contributed by atoms with Gasteiger partial charge in [0.1, 0.15) is 6.10 Å². The molecule has 0 saturated carbocycles. The van der Waals surface area contributed by atoms with Gasteiger partial charge in [0.25, 0.3) is 0 Å². The molecule has 0 aliphatic heterocycles. The van der Waals surface area contributed by atoms with Gasteiger partial charge in [-0.15, -0.1) is 0 Å². The van der Waals surface area contributed by atoms with E-state index in [-0.39, 0.29) is 17.9 Å². The fourth-order valence-electron chi connectivity index (χ4n) is 2.66. The van der Waals surface area contributed by atoms with E-state index >= 15 is 0 Å². The number of phosphoric acid groups is 1. The van der Waals surface area contributed by atoms with E-state index < -0.39 is 13.9 Å². The van der Waals surface area contributed by atoms with Crippen LogP contribution >= 0.6 is 23.8 Å². The molecular formula is C19H30BrO6P. The van der Waals surface area contributed by atoms with Crippen molar-refractivity contribution in [1.82, 2.24) is 0 Å². The topological polar surface area (TPSA) is 93.1 Å². The lowest BCUT2D eigenvalue weighted by molar-refractivity contribution is -0.149. The molecule has 0 radical (unpaired) electrons. The van der Waals surface area contributed by atoms with Gasteiger partial charge in [0.15, 0.2) is 0 Å². The van der Waals surface area contributed by atoms with Gasteiger partial charge in [0, 0.05) is 11.8 Å². The zero-order valence-corrected chi connectivity index (χ0v) is 18.1. The summed E-state index contributed by atoms with van der Waals surface area (Å²) in [5.74, 6) is -0.364. The number of benzene rings is 1. The number of rotatable bonds is 15. The molecule has 1 rings (SSSR count). The molecule has 1 aromatic rings. The number of phosphoric ester groups is 1. The standard InChI is InChI=1S/C19H30BrO6P/c20-15-18(16-25-27(22,23)24)26-19(21)14-10-5-3-1-2-4-7-11-17-12-8-6-9-13-17/h6,8-9,12-13,18H,1-5,7,10-11,14-16H2,(H2,22,23,24). The summed E-state index contributed by atoms with van der Waals surface area (Å²) < 4.78 is 20.2. The van der Waals surface area contributed by atoms with Crippen LogP contribution in [0, 0.1) is 0 Å². The van der Waals surface area contributed by atoms with Gasteiger partial charge in [-0.3, -0.25) is 9.32 Å². The van der Waals surface area contributed by atoms with Gasteiger partial charge >= 0.3 is 13.8 Å². The Morgan fingerprint density at radius 1 is 1.00 bits per heavy atom. The van der Waals surface area contributed by atoms with E-state index in [0.29, 0.717) is 6.42 Å². The minimum absolute atomic E-state index is 0.266. The van der Waals surface area contributed by atoms with E-state index in [0.717, 1.165) is 25.7 Å². The Kier molecular flexibility index (Phi) is 12.9. The summed E-state index contributed by atoms with van der Waals surface area (Å²) in [6, 6.07) is 10.5. The summed E-state index contributed by atoms with van der Waals surface area (Å²) in [5.41, 5.74) is 1.39. The van der Waals surface area contributed by atoms with E-state index in [2.05, 4.69) is 44.7 Å². The second-order valence-corrected chi connectivity index (χ2v) is 8.40. The minimum Gasteiger partial charge on any atom is -0.459 e. The average Bonchev–Trinajstić information content (AvgIpc) is 2.63. The van der Waals surface area contributed by atoms with Crippen LogP contribution in [0.2, 0.25) is 0 Å². The maximum absolute atomic E-state index is 11.8. The maximum atomic E-state index is 11.8.